The summed E-state index contributed by atoms with van der Waals surface area (Å²) in [6.45, 7) is 5.60. The molecule has 78 valence electrons. The third kappa shape index (κ3) is 4.15. The average molecular weight is 272 g/mol. The zero-order valence-electron chi connectivity index (χ0n) is 8.79. The van der Waals surface area contributed by atoms with Crippen LogP contribution in [0.15, 0.2) is 17.4 Å². The molecule has 1 rings (SSSR count). The number of rotatable bonds is 4. The van der Waals surface area contributed by atoms with E-state index in [2.05, 4.69) is 32.1 Å². The molecule has 0 radical (unpaired) electrons. The van der Waals surface area contributed by atoms with Gasteiger partial charge < -0.3 is 0 Å². The zero-order valence-corrected chi connectivity index (χ0v) is 10.5. The van der Waals surface area contributed by atoms with Gasteiger partial charge in [-0.3, -0.25) is 4.48 Å². The fourth-order valence-electron chi connectivity index (χ4n) is 1.63. The summed E-state index contributed by atoms with van der Waals surface area (Å²) in [6, 6.07) is 0. The molecule has 1 atom stereocenters. The summed E-state index contributed by atoms with van der Waals surface area (Å²) in [4.78, 5) is 4.37. The van der Waals surface area contributed by atoms with Crippen molar-refractivity contribution in [2.24, 2.45) is 4.99 Å². The average Bonchev–Trinajstić information content (AvgIpc) is 2.44. The maximum absolute atomic E-state index is 4.37. The van der Waals surface area contributed by atoms with E-state index in [1.807, 2.05) is 6.20 Å². The van der Waals surface area contributed by atoms with Gasteiger partial charge in [-0.2, -0.15) is 0 Å². The quantitative estimate of drug-likeness (QED) is 0.550. The molecule has 0 N–H and O–H groups in total. The summed E-state index contributed by atoms with van der Waals surface area (Å²) in [7, 11) is 2.24. The number of aliphatic imine (C=N–C) groups is 1. The van der Waals surface area contributed by atoms with Gasteiger partial charge in [0.25, 0.3) is 0 Å². The first-order valence-corrected chi connectivity index (χ1v) is 4.83. The van der Waals surface area contributed by atoms with Crippen molar-refractivity contribution in [3.8, 4) is 0 Å². The number of amidine groups is 1. The molecule has 1 heterocycles. The van der Waals surface area contributed by atoms with E-state index in [1.165, 1.54) is 25.2 Å². The van der Waals surface area contributed by atoms with Gasteiger partial charge in [0, 0.05) is 6.42 Å². The second-order valence-corrected chi connectivity index (χ2v) is 3.54. The fraction of sp³-hybridized carbons (Fsp3) is 0.700. The summed E-state index contributed by atoms with van der Waals surface area (Å²) in [5, 5.41) is 0. The van der Waals surface area contributed by atoms with Gasteiger partial charge in [0.1, 0.15) is 6.20 Å². The summed E-state index contributed by atoms with van der Waals surface area (Å²) in [5.41, 5.74) is 0. The van der Waals surface area contributed by atoms with Crippen LogP contribution in [0.1, 0.15) is 33.1 Å². The SMILES string of the molecule is Br.CCCC[N+]1(C)C=CN=C1CC.[NaH]. The molecule has 0 aromatic rings. The number of nitrogens with zero attached hydrogens (tertiary/aromatic N) is 2. The number of unbranched alkanes of at least 4 members (excludes halogenated alkanes) is 1. The van der Waals surface area contributed by atoms with Crippen LogP contribution in [-0.2, 0) is 0 Å². The Bertz CT molecular complexity index is 216. The Morgan fingerprint density at radius 3 is 2.50 bits per heavy atom. The Morgan fingerprint density at radius 2 is 2.00 bits per heavy atom. The Kier molecular flexibility index (Phi) is 9.93. The van der Waals surface area contributed by atoms with Crippen LogP contribution in [-0.4, -0.2) is 53.5 Å². The van der Waals surface area contributed by atoms with E-state index in [4.69, 9.17) is 0 Å². The second kappa shape index (κ2) is 8.05. The molecule has 0 aromatic heterocycles. The van der Waals surface area contributed by atoms with E-state index in [-0.39, 0.29) is 46.5 Å². The van der Waals surface area contributed by atoms with Crippen LogP contribution in [0.5, 0.6) is 0 Å². The van der Waals surface area contributed by atoms with Crippen molar-refractivity contribution in [2.45, 2.75) is 33.1 Å². The molecule has 0 aromatic carbocycles. The number of quaternary nitrogens is 1. The van der Waals surface area contributed by atoms with Crippen LogP contribution in [0.3, 0.4) is 0 Å². The molecule has 0 aliphatic carbocycles. The third-order valence-corrected chi connectivity index (χ3v) is 2.50. The van der Waals surface area contributed by atoms with Crippen LogP contribution in [0.2, 0.25) is 0 Å². The van der Waals surface area contributed by atoms with Crippen molar-refractivity contribution in [2.75, 3.05) is 13.6 Å². The standard InChI is InChI=1S/C10H19N2.BrH.Na.H/c1-4-6-8-12(3)9-7-11-10(12)5-2;;;/h7,9H,4-6,8H2,1-3H3;1H;;/q+1;;;. The van der Waals surface area contributed by atoms with Crippen molar-refractivity contribution in [1.82, 2.24) is 0 Å². The van der Waals surface area contributed by atoms with E-state index >= 15 is 0 Å². The van der Waals surface area contributed by atoms with E-state index in [1.54, 1.807) is 0 Å². The topological polar surface area (TPSA) is 12.4 Å². The van der Waals surface area contributed by atoms with Crippen LogP contribution >= 0.6 is 17.0 Å². The van der Waals surface area contributed by atoms with E-state index < -0.39 is 0 Å². The molecule has 2 nitrogen and oxygen atoms in total. The zero-order chi connectivity index (χ0) is 9.03. The number of hydrogen-bond donors (Lipinski definition) is 0. The van der Waals surface area contributed by atoms with Crippen LogP contribution in [0.25, 0.3) is 0 Å². The van der Waals surface area contributed by atoms with Gasteiger partial charge in [0.15, 0.2) is 0 Å². The normalized spacial score (nSPS) is 23.8. The minimum absolute atomic E-state index is 0. The molecule has 0 saturated carbocycles. The van der Waals surface area contributed by atoms with E-state index in [9.17, 15) is 0 Å². The molecule has 1 unspecified atom stereocenters. The molecule has 0 bridgehead atoms. The first kappa shape index (κ1) is 17.3. The summed E-state index contributed by atoms with van der Waals surface area (Å²) < 4.78 is 0.935. The van der Waals surface area contributed by atoms with Gasteiger partial charge in [-0.1, -0.05) is 20.3 Å². The van der Waals surface area contributed by atoms with Gasteiger partial charge in [-0.15, -0.1) is 17.0 Å². The van der Waals surface area contributed by atoms with Gasteiger partial charge in [0.05, 0.1) is 19.8 Å². The molecule has 14 heavy (non-hydrogen) atoms. The van der Waals surface area contributed by atoms with Crippen molar-refractivity contribution in [1.29, 1.82) is 0 Å². The third-order valence-electron chi connectivity index (χ3n) is 2.50. The van der Waals surface area contributed by atoms with Gasteiger partial charge in [-0.25, -0.2) is 4.99 Å². The minimum atomic E-state index is 0. The molecular formula is C10H21BrN2Na+. The van der Waals surface area contributed by atoms with Crippen molar-refractivity contribution >= 4 is 52.4 Å². The van der Waals surface area contributed by atoms with E-state index in [0.29, 0.717) is 0 Å². The van der Waals surface area contributed by atoms with Gasteiger partial charge in [-0.05, 0) is 6.42 Å². The summed E-state index contributed by atoms with van der Waals surface area (Å²) >= 11 is 0. The Morgan fingerprint density at radius 1 is 1.36 bits per heavy atom. The molecule has 0 spiro atoms. The summed E-state index contributed by atoms with van der Waals surface area (Å²) in [6.07, 6.45) is 7.73. The predicted molar refractivity (Wildman–Crippen MR) is 70.3 cm³/mol. The monoisotopic (exact) mass is 271 g/mol. The van der Waals surface area contributed by atoms with Crippen LogP contribution in [0.4, 0.5) is 0 Å². The number of hydrogen-bond acceptors (Lipinski definition) is 1. The molecule has 0 saturated heterocycles. The Balaban J connectivity index is 0. The van der Waals surface area contributed by atoms with Crippen molar-refractivity contribution in [3.05, 3.63) is 12.4 Å². The molecule has 4 heteroatoms. The molecule has 0 amide bonds. The first-order valence-electron chi connectivity index (χ1n) is 4.83. The fourth-order valence-corrected chi connectivity index (χ4v) is 1.63. The molecule has 1 aliphatic heterocycles. The summed E-state index contributed by atoms with van der Waals surface area (Å²) in [5.74, 6) is 1.29. The van der Waals surface area contributed by atoms with Crippen molar-refractivity contribution < 1.29 is 4.48 Å². The van der Waals surface area contributed by atoms with Gasteiger partial charge >= 0.3 is 29.6 Å². The van der Waals surface area contributed by atoms with E-state index in [0.717, 1.165) is 10.9 Å². The molecule has 0 fully saturated rings. The maximum atomic E-state index is 4.37. The predicted octanol–water partition coefficient (Wildman–Crippen LogP) is 2.46. The Labute approximate surface area is 120 Å². The van der Waals surface area contributed by atoms with Crippen LogP contribution in [0, 0.1) is 0 Å². The Hall–Kier alpha value is 0.850. The molecular weight excluding hydrogens is 251 g/mol. The van der Waals surface area contributed by atoms with Gasteiger partial charge in [0.2, 0.25) is 5.84 Å². The number of halogens is 1. The first-order chi connectivity index (χ1) is 5.73. The molecule has 1 aliphatic rings. The second-order valence-electron chi connectivity index (χ2n) is 3.54. The van der Waals surface area contributed by atoms with Crippen molar-refractivity contribution in [3.63, 3.8) is 0 Å². The van der Waals surface area contributed by atoms with Crippen LogP contribution < -0.4 is 0 Å².